The number of aryl methyl sites for hydroxylation is 1. The zero-order chi connectivity index (χ0) is 25.2. The maximum atomic E-state index is 13.7. The van der Waals surface area contributed by atoms with Crippen molar-refractivity contribution < 1.29 is 23.5 Å². The van der Waals surface area contributed by atoms with Crippen LogP contribution in [0.25, 0.3) is 0 Å². The lowest BCUT2D eigenvalue weighted by Crippen LogP contribution is -2.48. The molecule has 0 fully saturated rings. The maximum Gasteiger partial charge on any atom is 0.220 e. The van der Waals surface area contributed by atoms with Crippen LogP contribution in [-0.4, -0.2) is 35.5 Å². The quantitative estimate of drug-likeness (QED) is 0.304. The van der Waals surface area contributed by atoms with Crippen LogP contribution in [0.4, 0.5) is 8.78 Å². The van der Waals surface area contributed by atoms with Gasteiger partial charge in [-0.2, -0.15) is 0 Å². The number of nitrogens with one attached hydrogen (secondary N) is 2. The molecular weight excluding hydrogens is 470 g/mol. The van der Waals surface area contributed by atoms with Crippen molar-refractivity contribution in [3.63, 3.8) is 0 Å². The number of Topliss-reactive ketones (excluding diaryl/α,β-unsaturated/α-hetero) is 1. The van der Waals surface area contributed by atoms with Crippen molar-refractivity contribution in [3.05, 3.63) is 93.2 Å². The zero-order valence-corrected chi connectivity index (χ0v) is 20.4. The molecule has 0 saturated heterocycles. The molecule has 0 spiro atoms. The van der Waals surface area contributed by atoms with Crippen LogP contribution in [0.3, 0.4) is 0 Å². The Hall–Kier alpha value is -2.94. The Bertz CT molecular complexity index is 1100. The molecule has 186 valence electrons. The van der Waals surface area contributed by atoms with E-state index in [2.05, 4.69) is 23.6 Å². The van der Waals surface area contributed by atoms with Crippen molar-refractivity contribution in [2.45, 2.75) is 51.3 Å². The predicted octanol–water partition coefficient (Wildman–Crippen LogP) is 4.43. The van der Waals surface area contributed by atoms with Gasteiger partial charge in [0.2, 0.25) is 5.91 Å². The topological polar surface area (TPSA) is 78.4 Å². The number of hydrogen-bond acceptors (Lipinski definition) is 5. The Balaban J connectivity index is 1.61. The Morgan fingerprint density at radius 2 is 1.71 bits per heavy atom. The summed E-state index contributed by atoms with van der Waals surface area (Å²) in [4.78, 5) is 25.4. The van der Waals surface area contributed by atoms with Crippen molar-refractivity contribution in [3.8, 4) is 0 Å². The molecule has 8 heteroatoms. The lowest BCUT2D eigenvalue weighted by Gasteiger charge is -2.25. The molecule has 0 aliphatic rings. The van der Waals surface area contributed by atoms with Crippen LogP contribution in [0.2, 0.25) is 0 Å². The normalized spacial score (nSPS) is 12.8. The van der Waals surface area contributed by atoms with Gasteiger partial charge in [0.1, 0.15) is 11.6 Å². The predicted molar refractivity (Wildman–Crippen MR) is 133 cm³/mol. The summed E-state index contributed by atoms with van der Waals surface area (Å²) in [5.41, 5.74) is 2.59. The van der Waals surface area contributed by atoms with E-state index >= 15 is 0 Å². The summed E-state index contributed by atoms with van der Waals surface area (Å²) in [6.45, 7) is 2.76. The molecule has 3 aromatic rings. The number of ketones is 1. The molecule has 0 unspecified atom stereocenters. The molecule has 1 heterocycles. The van der Waals surface area contributed by atoms with Gasteiger partial charge < -0.3 is 15.7 Å². The Kier molecular flexibility index (Phi) is 10.1. The first-order chi connectivity index (χ1) is 16.8. The van der Waals surface area contributed by atoms with Crippen molar-refractivity contribution in [2.24, 2.45) is 0 Å². The third-order valence-corrected chi connectivity index (χ3v) is 6.56. The number of aliphatic hydroxyl groups excluding tert-OH is 1. The van der Waals surface area contributed by atoms with Crippen LogP contribution in [0.1, 0.15) is 46.1 Å². The average molecular weight is 501 g/mol. The second kappa shape index (κ2) is 13.2. The van der Waals surface area contributed by atoms with E-state index in [0.717, 1.165) is 18.1 Å². The minimum Gasteiger partial charge on any atom is -0.390 e. The SMILES string of the molecule is CCc1cccc(CNC[C@@H](O)[C@H](Cc2cc(F)cc(F)c2)NC(=O)CCC(=O)c2cccs2)c1. The van der Waals surface area contributed by atoms with Crippen molar-refractivity contribution in [1.29, 1.82) is 0 Å². The van der Waals surface area contributed by atoms with E-state index < -0.39 is 29.7 Å². The Labute approximate surface area is 208 Å². The molecule has 3 N–H and O–H groups in total. The highest BCUT2D eigenvalue weighted by atomic mass is 32.1. The van der Waals surface area contributed by atoms with Gasteiger partial charge in [-0.15, -0.1) is 11.3 Å². The molecule has 0 bridgehead atoms. The van der Waals surface area contributed by atoms with Crippen molar-refractivity contribution in [2.75, 3.05) is 6.54 Å². The number of halogens is 2. The fraction of sp³-hybridized carbons (Fsp3) is 0.333. The van der Waals surface area contributed by atoms with Gasteiger partial charge in [-0.1, -0.05) is 37.3 Å². The second-order valence-corrected chi connectivity index (χ2v) is 9.38. The van der Waals surface area contributed by atoms with Gasteiger partial charge in [0, 0.05) is 32.0 Å². The summed E-state index contributed by atoms with van der Waals surface area (Å²) in [6.07, 6.45) is -0.0746. The molecule has 35 heavy (non-hydrogen) atoms. The summed E-state index contributed by atoms with van der Waals surface area (Å²) in [7, 11) is 0. The van der Waals surface area contributed by atoms with Crippen molar-refractivity contribution >= 4 is 23.0 Å². The highest BCUT2D eigenvalue weighted by Crippen LogP contribution is 2.14. The molecule has 1 aromatic heterocycles. The van der Waals surface area contributed by atoms with Gasteiger partial charge in [-0.25, -0.2) is 8.78 Å². The summed E-state index contributed by atoms with van der Waals surface area (Å²) in [5, 5.41) is 18.6. The smallest absolute Gasteiger partial charge is 0.220 e. The van der Waals surface area contributed by atoms with Gasteiger partial charge in [0.15, 0.2) is 5.78 Å². The van der Waals surface area contributed by atoms with Crippen LogP contribution in [0.5, 0.6) is 0 Å². The van der Waals surface area contributed by atoms with E-state index in [4.69, 9.17) is 0 Å². The number of carbonyl (C=O) groups is 2. The molecule has 5 nitrogen and oxygen atoms in total. The van der Waals surface area contributed by atoms with E-state index in [1.807, 2.05) is 18.2 Å². The monoisotopic (exact) mass is 500 g/mol. The van der Waals surface area contributed by atoms with Crippen LogP contribution in [-0.2, 0) is 24.2 Å². The lowest BCUT2D eigenvalue weighted by atomic mass is 10.00. The van der Waals surface area contributed by atoms with Crippen LogP contribution in [0, 0.1) is 11.6 Å². The van der Waals surface area contributed by atoms with Crippen molar-refractivity contribution in [1.82, 2.24) is 10.6 Å². The number of rotatable bonds is 13. The molecule has 3 rings (SSSR count). The number of thiophene rings is 1. The summed E-state index contributed by atoms with van der Waals surface area (Å²) >= 11 is 1.31. The fourth-order valence-corrected chi connectivity index (χ4v) is 4.49. The van der Waals surface area contributed by atoms with E-state index in [9.17, 15) is 23.5 Å². The fourth-order valence-electron chi connectivity index (χ4n) is 3.80. The number of carbonyl (C=O) groups excluding carboxylic acids is 2. The van der Waals surface area contributed by atoms with E-state index in [1.54, 1.807) is 17.5 Å². The van der Waals surface area contributed by atoms with Gasteiger partial charge in [-0.3, -0.25) is 9.59 Å². The highest BCUT2D eigenvalue weighted by Gasteiger charge is 2.23. The molecule has 0 aliphatic heterocycles. The zero-order valence-electron chi connectivity index (χ0n) is 19.6. The van der Waals surface area contributed by atoms with Gasteiger partial charge >= 0.3 is 0 Å². The van der Waals surface area contributed by atoms with Crippen LogP contribution in [0.15, 0.2) is 60.0 Å². The largest absolute Gasteiger partial charge is 0.390 e. The number of amides is 1. The third kappa shape index (κ3) is 8.65. The van der Waals surface area contributed by atoms with Crippen LogP contribution < -0.4 is 10.6 Å². The van der Waals surface area contributed by atoms with E-state index in [0.29, 0.717) is 17.0 Å². The Morgan fingerprint density at radius 3 is 2.40 bits per heavy atom. The first-order valence-electron chi connectivity index (χ1n) is 11.6. The van der Waals surface area contributed by atoms with Gasteiger partial charge in [0.05, 0.1) is 17.0 Å². The maximum absolute atomic E-state index is 13.7. The van der Waals surface area contributed by atoms with Gasteiger partial charge in [-0.05, 0) is 53.1 Å². The number of benzene rings is 2. The minimum atomic E-state index is -1.02. The lowest BCUT2D eigenvalue weighted by molar-refractivity contribution is -0.122. The summed E-state index contributed by atoms with van der Waals surface area (Å²) in [5.74, 6) is -1.99. The summed E-state index contributed by atoms with van der Waals surface area (Å²) < 4.78 is 27.4. The first-order valence-corrected chi connectivity index (χ1v) is 12.5. The highest BCUT2D eigenvalue weighted by molar-refractivity contribution is 7.12. The molecule has 2 aromatic carbocycles. The van der Waals surface area contributed by atoms with E-state index in [1.165, 1.54) is 29.0 Å². The molecule has 0 radical (unpaired) electrons. The summed E-state index contributed by atoms with van der Waals surface area (Å²) in [6, 6.07) is 13.9. The molecule has 2 atom stereocenters. The number of aliphatic hydroxyl groups is 1. The number of hydrogen-bond donors (Lipinski definition) is 3. The average Bonchev–Trinajstić information content (AvgIpc) is 3.37. The van der Waals surface area contributed by atoms with Gasteiger partial charge in [0.25, 0.3) is 0 Å². The minimum absolute atomic E-state index is 0.0352. The standard InChI is InChI=1S/C27H30F2N2O3S/c1-2-18-5-3-6-19(11-18)16-30-17-25(33)23(14-20-12-21(28)15-22(29)13-20)31-27(34)9-8-24(32)26-7-4-10-35-26/h3-7,10-13,15,23,25,30,33H,2,8-9,14,16-17H2,1H3,(H,31,34)/t23-,25+/m0/s1. The Morgan fingerprint density at radius 1 is 0.971 bits per heavy atom. The third-order valence-electron chi connectivity index (χ3n) is 5.65. The molecule has 1 amide bonds. The molecule has 0 saturated carbocycles. The first kappa shape index (κ1) is 26.7. The van der Waals surface area contributed by atoms with E-state index in [-0.39, 0.29) is 31.6 Å². The van der Waals surface area contributed by atoms with Crippen LogP contribution >= 0.6 is 11.3 Å². The molecule has 0 aliphatic carbocycles. The second-order valence-electron chi connectivity index (χ2n) is 8.43. The molecular formula is C27H30F2N2O3S.